The highest BCUT2D eigenvalue weighted by atomic mass is 28.2. The average molecular weight is 142 g/mol. The first-order valence-corrected chi connectivity index (χ1v) is 4.94. The maximum Gasteiger partial charge on any atom is -0.00803 e. The van der Waals surface area contributed by atoms with E-state index in [0.29, 0.717) is 14.5 Å². The van der Waals surface area contributed by atoms with Gasteiger partial charge >= 0.3 is 0 Å². The molecule has 1 heteroatoms. The average Bonchev–Trinajstić information content (AvgIpc) is 1.59. The van der Waals surface area contributed by atoms with Crippen LogP contribution in [-0.2, 0) is 0 Å². The molecule has 0 aliphatic carbocycles. The van der Waals surface area contributed by atoms with E-state index in [1.54, 1.807) is 5.17 Å². The van der Waals surface area contributed by atoms with Crippen LogP contribution in [0.25, 0.3) is 0 Å². The van der Waals surface area contributed by atoms with Gasteiger partial charge in [0.15, 0.2) is 0 Å². The minimum atomic E-state index is 0.548. The molecule has 0 amide bonds. The Hall–Kier alpha value is 0.0869. The van der Waals surface area contributed by atoms with E-state index in [1.165, 1.54) is 6.04 Å². The summed E-state index contributed by atoms with van der Waals surface area (Å²) in [5.74, 6) is 0. The molecule has 0 spiro atoms. The Morgan fingerprint density at radius 1 is 1.22 bits per heavy atom. The molecule has 0 aliphatic heterocycles. The molecular weight excluding hydrogens is 124 g/mol. The van der Waals surface area contributed by atoms with E-state index >= 15 is 0 Å². The Morgan fingerprint density at radius 3 is 1.78 bits per heavy atom. The van der Waals surface area contributed by atoms with Gasteiger partial charge in [0.25, 0.3) is 0 Å². The van der Waals surface area contributed by atoms with E-state index in [9.17, 15) is 0 Å². The van der Waals surface area contributed by atoms with Crippen LogP contribution in [0.5, 0.6) is 0 Å². The fourth-order valence-corrected chi connectivity index (χ4v) is 1.53. The third-order valence-corrected chi connectivity index (χ3v) is 3.37. The molecular formula is C8H18Si. The van der Waals surface area contributed by atoms with Crippen LogP contribution in [0, 0.1) is 5.41 Å². The zero-order chi connectivity index (χ0) is 7.49. The summed E-state index contributed by atoms with van der Waals surface area (Å²) in [4.78, 5) is 0. The molecule has 0 bridgehead atoms. The summed E-state index contributed by atoms with van der Waals surface area (Å²) in [6.45, 7) is 11.4. The maximum absolute atomic E-state index is 2.31. The third kappa shape index (κ3) is 8.09. The molecule has 54 valence electrons. The number of rotatable bonds is 1. The normalized spacial score (nSPS) is 11.2. The summed E-state index contributed by atoms with van der Waals surface area (Å²) in [6.07, 6.45) is 0. The van der Waals surface area contributed by atoms with Gasteiger partial charge in [-0.15, -0.1) is 0 Å². The van der Waals surface area contributed by atoms with Crippen molar-refractivity contribution in [3.8, 4) is 0 Å². The van der Waals surface area contributed by atoms with Gasteiger partial charge in [-0.3, -0.25) is 0 Å². The van der Waals surface area contributed by atoms with Gasteiger partial charge in [0.2, 0.25) is 0 Å². The second-order valence-electron chi connectivity index (χ2n) is 4.05. The van der Waals surface area contributed by atoms with E-state index in [4.69, 9.17) is 0 Å². The number of hydrogen-bond donors (Lipinski definition) is 0. The highest BCUT2D eigenvalue weighted by molar-refractivity contribution is 6.53. The first kappa shape index (κ1) is 9.09. The zero-order valence-electron chi connectivity index (χ0n) is 7.28. The van der Waals surface area contributed by atoms with Crippen molar-refractivity contribution in [3.05, 3.63) is 0 Å². The van der Waals surface area contributed by atoms with Crippen molar-refractivity contribution in [2.75, 3.05) is 0 Å². The SMILES string of the molecule is CC(C)=[SiH]CC(C)(C)C. The lowest BCUT2D eigenvalue weighted by Crippen LogP contribution is -2.07. The maximum atomic E-state index is 2.31. The molecule has 0 saturated heterocycles. The van der Waals surface area contributed by atoms with Gasteiger partial charge in [0, 0.05) is 0 Å². The molecule has 0 N–H and O–H groups in total. The highest BCUT2D eigenvalue weighted by Crippen LogP contribution is 2.16. The Labute approximate surface area is 61.1 Å². The quantitative estimate of drug-likeness (QED) is 0.492. The van der Waals surface area contributed by atoms with E-state index in [1.807, 2.05) is 0 Å². The molecule has 0 saturated carbocycles. The molecule has 0 aromatic rings. The van der Waals surface area contributed by atoms with Gasteiger partial charge in [0.05, 0.1) is 0 Å². The van der Waals surface area contributed by atoms with Crippen molar-refractivity contribution >= 4 is 14.3 Å². The van der Waals surface area contributed by atoms with Crippen LogP contribution in [0.1, 0.15) is 34.6 Å². The monoisotopic (exact) mass is 142 g/mol. The molecule has 0 aromatic carbocycles. The van der Waals surface area contributed by atoms with Crippen molar-refractivity contribution in [1.29, 1.82) is 0 Å². The summed E-state index contributed by atoms with van der Waals surface area (Å²) >= 11 is 0. The molecule has 0 rings (SSSR count). The summed E-state index contributed by atoms with van der Waals surface area (Å²) in [6, 6.07) is 1.40. The fraction of sp³-hybridized carbons (Fsp3) is 0.875. The summed E-state index contributed by atoms with van der Waals surface area (Å²) in [5.41, 5.74) is 0.548. The highest BCUT2D eigenvalue weighted by Gasteiger charge is 2.06. The molecule has 9 heavy (non-hydrogen) atoms. The molecule has 0 atom stereocenters. The lowest BCUT2D eigenvalue weighted by molar-refractivity contribution is 0.469. The molecule has 0 fully saturated rings. The van der Waals surface area contributed by atoms with Gasteiger partial charge in [-0.2, -0.15) is 0 Å². The van der Waals surface area contributed by atoms with Crippen LogP contribution < -0.4 is 0 Å². The van der Waals surface area contributed by atoms with Crippen LogP contribution in [0.2, 0.25) is 6.04 Å². The summed E-state index contributed by atoms with van der Waals surface area (Å²) in [5, 5.41) is 1.63. The molecule has 0 unspecified atom stereocenters. The molecule has 0 aromatic heterocycles. The van der Waals surface area contributed by atoms with Crippen LogP contribution in [0.3, 0.4) is 0 Å². The standard InChI is InChI=1S/C8H18Si/c1-7(2)9-6-8(3,4)5/h9H,6H2,1-5H3. The smallest absolute Gasteiger partial charge is 0.00803 e. The van der Waals surface area contributed by atoms with Gasteiger partial charge in [-0.1, -0.05) is 25.9 Å². The minimum absolute atomic E-state index is 0.548. The van der Waals surface area contributed by atoms with Crippen LogP contribution in [-0.4, -0.2) is 14.3 Å². The van der Waals surface area contributed by atoms with Crippen molar-refractivity contribution in [2.45, 2.75) is 40.7 Å². The Morgan fingerprint density at radius 2 is 1.67 bits per heavy atom. The zero-order valence-corrected chi connectivity index (χ0v) is 8.44. The Balaban J connectivity index is 3.64. The summed E-state index contributed by atoms with van der Waals surface area (Å²) < 4.78 is 0. The van der Waals surface area contributed by atoms with E-state index in [-0.39, 0.29) is 0 Å². The second-order valence-corrected chi connectivity index (χ2v) is 6.02. The van der Waals surface area contributed by atoms with E-state index in [2.05, 4.69) is 34.6 Å². The van der Waals surface area contributed by atoms with Crippen LogP contribution in [0.4, 0.5) is 0 Å². The minimum Gasteiger partial charge on any atom is -0.0986 e. The molecule has 0 aliphatic rings. The molecule has 0 nitrogen and oxygen atoms in total. The van der Waals surface area contributed by atoms with Crippen molar-refractivity contribution < 1.29 is 0 Å². The van der Waals surface area contributed by atoms with Gasteiger partial charge in [-0.25, -0.2) is 0 Å². The van der Waals surface area contributed by atoms with E-state index in [0.717, 1.165) is 0 Å². The third-order valence-electron chi connectivity index (χ3n) is 1.12. The Bertz CT molecular complexity index is 102. The van der Waals surface area contributed by atoms with Gasteiger partial charge in [0.1, 0.15) is 0 Å². The predicted molar refractivity (Wildman–Crippen MR) is 47.8 cm³/mol. The molecule has 0 heterocycles. The van der Waals surface area contributed by atoms with Gasteiger partial charge in [-0.05, 0) is 34.4 Å². The van der Waals surface area contributed by atoms with E-state index < -0.39 is 0 Å². The second kappa shape index (κ2) is 3.30. The topological polar surface area (TPSA) is 0 Å². The first-order valence-electron chi connectivity index (χ1n) is 3.55. The first-order chi connectivity index (χ1) is 3.92. The predicted octanol–water partition coefficient (Wildman–Crippen LogP) is 2.10. The van der Waals surface area contributed by atoms with Crippen LogP contribution >= 0.6 is 0 Å². The Kier molecular flexibility index (Phi) is 3.34. The lowest BCUT2D eigenvalue weighted by atomic mass is 10.0. The molecule has 0 radical (unpaired) electrons. The van der Waals surface area contributed by atoms with Crippen molar-refractivity contribution in [3.63, 3.8) is 0 Å². The van der Waals surface area contributed by atoms with Crippen LogP contribution in [0.15, 0.2) is 0 Å². The van der Waals surface area contributed by atoms with Crippen molar-refractivity contribution in [2.24, 2.45) is 5.41 Å². The number of hydrogen-bond acceptors (Lipinski definition) is 0. The summed E-state index contributed by atoms with van der Waals surface area (Å²) in [7, 11) is 0.608. The van der Waals surface area contributed by atoms with Crippen molar-refractivity contribution in [1.82, 2.24) is 0 Å². The fourth-order valence-electron chi connectivity index (χ4n) is 0.510. The van der Waals surface area contributed by atoms with Gasteiger partial charge < -0.3 is 0 Å². The lowest BCUT2D eigenvalue weighted by Gasteiger charge is -2.14. The largest absolute Gasteiger partial charge is 0.0986 e.